The van der Waals surface area contributed by atoms with Crippen molar-refractivity contribution >= 4 is 17.4 Å². The second-order valence-corrected chi connectivity index (χ2v) is 7.09. The van der Waals surface area contributed by atoms with Gasteiger partial charge in [-0.05, 0) is 50.7 Å². The number of rotatable bonds is 5. The van der Waals surface area contributed by atoms with Crippen molar-refractivity contribution in [2.45, 2.75) is 19.9 Å². The van der Waals surface area contributed by atoms with Crippen LogP contribution in [0.25, 0.3) is 5.69 Å². The average molecular weight is 375 g/mol. The molecule has 0 saturated heterocycles. The molecule has 28 heavy (non-hydrogen) atoms. The molecule has 142 valence electrons. The third-order valence-electron chi connectivity index (χ3n) is 5.21. The van der Waals surface area contributed by atoms with Gasteiger partial charge in [-0.3, -0.25) is 19.4 Å². The molecule has 1 atom stereocenters. The molecule has 1 aliphatic rings. The zero-order valence-corrected chi connectivity index (χ0v) is 16.0. The van der Waals surface area contributed by atoms with Crippen LogP contribution in [0.15, 0.2) is 55.1 Å². The van der Waals surface area contributed by atoms with Gasteiger partial charge >= 0.3 is 5.91 Å². The van der Waals surface area contributed by atoms with Crippen molar-refractivity contribution in [3.8, 4) is 5.69 Å². The van der Waals surface area contributed by atoms with Gasteiger partial charge in [0.15, 0.2) is 0 Å². The van der Waals surface area contributed by atoms with Crippen LogP contribution in [0, 0.1) is 6.92 Å². The van der Waals surface area contributed by atoms with Gasteiger partial charge in [0, 0.05) is 6.04 Å². The number of hydrogen-bond acceptors (Lipinski definition) is 5. The van der Waals surface area contributed by atoms with Gasteiger partial charge in [0.25, 0.3) is 5.78 Å². The summed E-state index contributed by atoms with van der Waals surface area (Å²) in [5.41, 5.74) is 4.18. The van der Waals surface area contributed by atoms with E-state index < -0.39 is 11.7 Å². The third-order valence-corrected chi connectivity index (χ3v) is 5.21. The maximum Gasteiger partial charge on any atom is 0.300 e. The largest absolute Gasteiger partial charge is 0.300 e. The zero-order chi connectivity index (χ0) is 19.8. The van der Waals surface area contributed by atoms with Crippen LogP contribution in [0.1, 0.15) is 34.5 Å². The molecule has 1 aromatic heterocycles. The van der Waals surface area contributed by atoms with E-state index in [2.05, 4.69) is 17.0 Å². The van der Waals surface area contributed by atoms with E-state index >= 15 is 0 Å². The fraction of sp³-hybridized carbons (Fsp3) is 0.238. The maximum atomic E-state index is 12.5. The Labute approximate surface area is 163 Å². The van der Waals surface area contributed by atoms with E-state index in [0.717, 1.165) is 16.8 Å². The van der Waals surface area contributed by atoms with Crippen LogP contribution in [0.5, 0.6) is 0 Å². The normalized spacial score (nSPS) is 14.6. The predicted octanol–water partition coefficient (Wildman–Crippen LogP) is 2.76. The van der Waals surface area contributed by atoms with Crippen LogP contribution < -0.4 is 4.90 Å². The number of anilines is 1. The van der Waals surface area contributed by atoms with Crippen molar-refractivity contribution in [1.29, 1.82) is 0 Å². The van der Waals surface area contributed by atoms with Gasteiger partial charge in [-0.25, -0.2) is 9.67 Å². The van der Waals surface area contributed by atoms with Crippen LogP contribution in [0.3, 0.4) is 0 Å². The number of Topliss-reactive ketones (excluding diaryl/α,β-unsaturated/α-hetero) is 1. The lowest BCUT2D eigenvalue weighted by molar-refractivity contribution is -0.114. The fourth-order valence-corrected chi connectivity index (χ4v) is 3.40. The summed E-state index contributed by atoms with van der Waals surface area (Å²) in [6.45, 7) is 4.33. The summed E-state index contributed by atoms with van der Waals surface area (Å²) in [6.07, 6.45) is 3.15. The van der Waals surface area contributed by atoms with Gasteiger partial charge < -0.3 is 0 Å². The van der Waals surface area contributed by atoms with Gasteiger partial charge in [-0.2, -0.15) is 5.10 Å². The van der Waals surface area contributed by atoms with Gasteiger partial charge in [0.05, 0.1) is 23.6 Å². The summed E-state index contributed by atoms with van der Waals surface area (Å²) in [6, 6.07) is 13.6. The molecule has 7 nitrogen and oxygen atoms in total. The van der Waals surface area contributed by atoms with E-state index in [1.165, 1.54) is 6.33 Å². The third kappa shape index (κ3) is 3.10. The number of ketones is 1. The molecule has 4 rings (SSSR count). The fourth-order valence-electron chi connectivity index (χ4n) is 3.40. The molecule has 3 aromatic rings. The van der Waals surface area contributed by atoms with Gasteiger partial charge in [0.1, 0.15) is 12.7 Å². The molecular weight excluding hydrogens is 354 g/mol. The lowest BCUT2D eigenvalue weighted by Gasteiger charge is -2.29. The van der Waals surface area contributed by atoms with Crippen LogP contribution in [-0.2, 0) is 4.79 Å². The quantitative estimate of drug-likeness (QED) is 0.641. The number of hydrogen-bond donors (Lipinski definition) is 0. The number of carbonyl (C=O) groups is 2. The number of fused-ring (bicyclic) bond motifs is 1. The molecule has 1 aliphatic heterocycles. The smallest absolute Gasteiger partial charge is 0.291 e. The molecule has 0 spiro atoms. The highest BCUT2D eigenvalue weighted by atomic mass is 16.2. The lowest BCUT2D eigenvalue weighted by Crippen LogP contribution is -2.40. The molecular formula is C21H21N5O2. The standard InChI is InChI=1S/C21H21N5O2/c1-14-4-9-19-18(10-14)20(27)21(28)25(19)13-24(3)15(2)16-5-7-17(8-6-16)26-12-22-11-23-26/h4-12,15H,13H2,1-3H3/t15-/m1/s1. The van der Waals surface area contributed by atoms with E-state index in [-0.39, 0.29) is 6.04 Å². The lowest BCUT2D eigenvalue weighted by atomic mass is 10.1. The second kappa shape index (κ2) is 7.01. The Morgan fingerprint density at radius 1 is 1.11 bits per heavy atom. The topological polar surface area (TPSA) is 71.3 Å². The van der Waals surface area contributed by atoms with Crippen molar-refractivity contribution in [3.63, 3.8) is 0 Å². The molecule has 0 aliphatic carbocycles. The van der Waals surface area contributed by atoms with Crippen molar-refractivity contribution in [1.82, 2.24) is 19.7 Å². The molecule has 1 amide bonds. The highest BCUT2D eigenvalue weighted by Crippen LogP contribution is 2.31. The van der Waals surface area contributed by atoms with E-state index in [0.29, 0.717) is 17.9 Å². The van der Waals surface area contributed by atoms with Gasteiger partial charge in [-0.15, -0.1) is 0 Å². The molecule has 0 bridgehead atoms. The number of nitrogens with zero attached hydrogens (tertiary/aromatic N) is 5. The van der Waals surface area contributed by atoms with Crippen LogP contribution in [0.2, 0.25) is 0 Å². The van der Waals surface area contributed by atoms with Crippen molar-refractivity contribution in [2.24, 2.45) is 0 Å². The van der Waals surface area contributed by atoms with Crippen LogP contribution >= 0.6 is 0 Å². The number of aromatic nitrogens is 3. The molecule has 7 heteroatoms. The first-order chi connectivity index (χ1) is 13.5. The molecule has 0 fully saturated rings. The molecule has 0 saturated carbocycles. The van der Waals surface area contributed by atoms with Crippen molar-refractivity contribution < 1.29 is 9.59 Å². The number of benzene rings is 2. The van der Waals surface area contributed by atoms with E-state index in [4.69, 9.17) is 0 Å². The first-order valence-corrected chi connectivity index (χ1v) is 9.08. The van der Waals surface area contributed by atoms with Crippen molar-refractivity contribution in [3.05, 3.63) is 71.8 Å². The van der Waals surface area contributed by atoms with Crippen LogP contribution in [0.4, 0.5) is 5.69 Å². The summed E-state index contributed by atoms with van der Waals surface area (Å²) in [5.74, 6) is -0.905. The van der Waals surface area contributed by atoms with E-state index in [9.17, 15) is 9.59 Å². The number of aryl methyl sites for hydroxylation is 1. The van der Waals surface area contributed by atoms with Gasteiger partial charge in [-0.1, -0.05) is 23.8 Å². The monoisotopic (exact) mass is 375 g/mol. The maximum absolute atomic E-state index is 12.5. The Hall–Kier alpha value is -3.32. The first kappa shape index (κ1) is 18.1. The molecule has 0 unspecified atom stereocenters. The molecule has 2 heterocycles. The first-order valence-electron chi connectivity index (χ1n) is 9.08. The average Bonchev–Trinajstić information content (AvgIpc) is 3.32. The Morgan fingerprint density at radius 2 is 1.86 bits per heavy atom. The molecule has 2 aromatic carbocycles. The van der Waals surface area contributed by atoms with Crippen molar-refractivity contribution in [2.75, 3.05) is 18.6 Å². The summed E-state index contributed by atoms with van der Waals surface area (Å²) in [5, 5.41) is 4.13. The second-order valence-electron chi connectivity index (χ2n) is 7.09. The van der Waals surface area contributed by atoms with E-state index in [1.807, 2.05) is 55.3 Å². The Morgan fingerprint density at radius 3 is 2.54 bits per heavy atom. The zero-order valence-electron chi connectivity index (χ0n) is 16.0. The minimum absolute atomic E-state index is 0.0576. The predicted molar refractivity (Wildman–Crippen MR) is 105 cm³/mol. The summed E-state index contributed by atoms with van der Waals surface area (Å²) in [7, 11) is 1.94. The minimum atomic E-state index is -0.471. The Balaban J connectivity index is 1.51. The van der Waals surface area contributed by atoms with E-state index in [1.54, 1.807) is 22.0 Å². The number of amides is 1. The minimum Gasteiger partial charge on any atom is -0.291 e. The number of carbonyl (C=O) groups excluding carboxylic acids is 2. The van der Waals surface area contributed by atoms with Crippen LogP contribution in [-0.4, -0.2) is 45.1 Å². The summed E-state index contributed by atoms with van der Waals surface area (Å²) < 4.78 is 1.70. The highest BCUT2D eigenvalue weighted by Gasteiger charge is 2.36. The summed E-state index contributed by atoms with van der Waals surface area (Å²) in [4.78, 5) is 32.3. The SMILES string of the molecule is Cc1ccc2c(c1)C(=O)C(=O)N2CN(C)[C@H](C)c1ccc(-n2cncn2)cc1. The molecule has 0 N–H and O–H groups in total. The Bertz CT molecular complexity index is 1030. The Kier molecular flexibility index (Phi) is 4.52. The summed E-state index contributed by atoms with van der Waals surface area (Å²) >= 11 is 0. The highest BCUT2D eigenvalue weighted by molar-refractivity contribution is 6.52. The van der Waals surface area contributed by atoms with Gasteiger partial charge in [0.2, 0.25) is 0 Å². The molecule has 0 radical (unpaired) electrons.